The summed E-state index contributed by atoms with van der Waals surface area (Å²) in [5, 5.41) is 3.87. The SMILES string of the molecule is CC[C@H](C(=O)NC(C)(C)C)N(Cc1ccc(Cl)cc1)C(=O)CN(c1cccc(Cl)c1C)S(=O)(=O)c1ccc(C)cc1. The van der Waals surface area contributed by atoms with E-state index in [1.54, 1.807) is 61.5 Å². The fourth-order valence-corrected chi connectivity index (χ4v) is 6.14. The van der Waals surface area contributed by atoms with E-state index in [-0.39, 0.29) is 23.0 Å². The average molecular weight is 619 g/mol. The molecule has 0 bridgehead atoms. The van der Waals surface area contributed by atoms with Crippen LogP contribution in [0.25, 0.3) is 0 Å². The van der Waals surface area contributed by atoms with Crippen LogP contribution in [0.4, 0.5) is 5.69 Å². The third-order valence-electron chi connectivity index (χ3n) is 6.55. The molecule has 0 aliphatic rings. The van der Waals surface area contributed by atoms with Crippen molar-refractivity contribution in [3.05, 3.63) is 93.5 Å². The molecular formula is C31H37Cl2N3O4S. The molecule has 0 unspecified atom stereocenters. The second kappa shape index (κ2) is 13.3. The number of benzene rings is 3. The van der Waals surface area contributed by atoms with Crippen molar-refractivity contribution in [1.29, 1.82) is 0 Å². The Labute approximate surface area is 253 Å². The molecule has 0 aliphatic carbocycles. The Morgan fingerprint density at radius 3 is 2.10 bits per heavy atom. The molecule has 7 nitrogen and oxygen atoms in total. The topological polar surface area (TPSA) is 86.8 Å². The molecule has 1 N–H and O–H groups in total. The number of amides is 2. The van der Waals surface area contributed by atoms with E-state index in [2.05, 4.69) is 5.32 Å². The number of sulfonamides is 1. The number of hydrogen-bond acceptors (Lipinski definition) is 4. The van der Waals surface area contributed by atoms with Crippen LogP contribution in [-0.4, -0.2) is 43.3 Å². The number of carbonyl (C=O) groups excluding carboxylic acids is 2. The number of nitrogens with one attached hydrogen (secondary N) is 1. The Kier molecular flexibility index (Phi) is 10.5. The standard InChI is InChI=1S/C31H37Cl2N3O4S/c1-7-27(30(38)34-31(4,5)6)35(19-23-13-15-24(32)16-14-23)29(37)20-36(28-10-8-9-26(33)22(28)3)41(39,40)25-17-11-21(2)12-18-25/h8-18,27H,7,19-20H2,1-6H3,(H,34,38)/t27-/m1/s1. The largest absolute Gasteiger partial charge is 0.350 e. The normalized spacial score (nSPS) is 12.5. The highest BCUT2D eigenvalue weighted by molar-refractivity contribution is 7.92. The van der Waals surface area contributed by atoms with Crippen molar-refractivity contribution < 1.29 is 18.0 Å². The summed E-state index contributed by atoms with van der Waals surface area (Å²) in [5.74, 6) is -0.861. The summed E-state index contributed by atoms with van der Waals surface area (Å²) in [6, 6.07) is 17.5. The number of hydrogen-bond donors (Lipinski definition) is 1. The van der Waals surface area contributed by atoms with E-state index >= 15 is 0 Å². The van der Waals surface area contributed by atoms with Gasteiger partial charge >= 0.3 is 0 Å². The summed E-state index contributed by atoms with van der Waals surface area (Å²) < 4.78 is 29.2. The molecule has 0 aromatic heterocycles. The first-order valence-electron chi connectivity index (χ1n) is 13.3. The molecule has 0 saturated carbocycles. The minimum absolute atomic E-state index is 0.0389. The third-order valence-corrected chi connectivity index (χ3v) is 8.98. The molecule has 3 aromatic rings. The van der Waals surface area contributed by atoms with E-state index in [0.29, 0.717) is 22.0 Å². The lowest BCUT2D eigenvalue weighted by molar-refractivity contribution is -0.141. The first kappa shape index (κ1) is 32.4. The highest BCUT2D eigenvalue weighted by Crippen LogP contribution is 2.31. The zero-order valence-corrected chi connectivity index (χ0v) is 26.6. The smallest absolute Gasteiger partial charge is 0.264 e. The van der Waals surface area contributed by atoms with Gasteiger partial charge in [0, 0.05) is 22.1 Å². The van der Waals surface area contributed by atoms with Gasteiger partial charge in [-0.05, 0) is 88.6 Å². The molecular weight excluding hydrogens is 581 g/mol. The van der Waals surface area contributed by atoms with Crippen molar-refractivity contribution in [3.63, 3.8) is 0 Å². The van der Waals surface area contributed by atoms with Crippen LogP contribution in [-0.2, 0) is 26.2 Å². The van der Waals surface area contributed by atoms with Crippen molar-refractivity contribution in [2.45, 2.75) is 71.0 Å². The van der Waals surface area contributed by atoms with Crippen molar-refractivity contribution in [2.24, 2.45) is 0 Å². The predicted octanol–water partition coefficient (Wildman–Crippen LogP) is 6.53. The summed E-state index contributed by atoms with van der Waals surface area (Å²) in [6.45, 7) is 10.5. The monoisotopic (exact) mass is 617 g/mol. The number of anilines is 1. The number of carbonyl (C=O) groups is 2. The Bertz CT molecular complexity index is 1490. The summed E-state index contributed by atoms with van der Waals surface area (Å²) in [5.41, 5.74) is 1.91. The summed E-state index contributed by atoms with van der Waals surface area (Å²) in [7, 11) is -4.19. The van der Waals surface area contributed by atoms with E-state index < -0.39 is 34.1 Å². The van der Waals surface area contributed by atoms with E-state index in [1.807, 2.05) is 34.6 Å². The number of rotatable bonds is 10. The van der Waals surface area contributed by atoms with E-state index in [1.165, 1.54) is 17.0 Å². The average Bonchev–Trinajstić information content (AvgIpc) is 2.89. The lowest BCUT2D eigenvalue weighted by Crippen LogP contribution is -2.55. The lowest BCUT2D eigenvalue weighted by atomic mass is 10.1. The van der Waals surface area contributed by atoms with Gasteiger partial charge in [-0.25, -0.2) is 8.42 Å². The lowest BCUT2D eigenvalue weighted by Gasteiger charge is -2.35. The van der Waals surface area contributed by atoms with Crippen LogP contribution < -0.4 is 9.62 Å². The molecule has 0 radical (unpaired) electrons. The highest BCUT2D eigenvalue weighted by Gasteiger charge is 2.35. The molecule has 0 spiro atoms. The quantitative estimate of drug-likeness (QED) is 0.280. The van der Waals surface area contributed by atoms with Gasteiger partial charge in [-0.15, -0.1) is 0 Å². The summed E-state index contributed by atoms with van der Waals surface area (Å²) in [4.78, 5) is 29.1. The van der Waals surface area contributed by atoms with Crippen molar-refractivity contribution >= 4 is 50.7 Å². The number of aryl methyl sites for hydroxylation is 1. The van der Waals surface area contributed by atoms with Gasteiger partial charge in [0.2, 0.25) is 11.8 Å². The molecule has 1 atom stereocenters. The second-order valence-electron chi connectivity index (χ2n) is 11.0. The van der Waals surface area contributed by atoms with Crippen molar-refractivity contribution in [1.82, 2.24) is 10.2 Å². The van der Waals surface area contributed by atoms with Crippen LogP contribution in [0.1, 0.15) is 50.8 Å². The maximum atomic E-state index is 14.2. The van der Waals surface area contributed by atoms with Gasteiger partial charge in [0.15, 0.2) is 0 Å². The van der Waals surface area contributed by atoms with Gasteiger partial charge in [0.05, 0.1) is 10.6 Å². The summed E-state index contributed by atoms with van der Waals surface area (Å²) in [6.07, 6.45) is 0.322. The highest BCUT2D eigenvalue weighted by atomic mass is 35.5. The molecule has 10 heteroatoms. The van der Waals surface area contributed by atoms with E-state index in [9.17, 15) is 18.0 Å². The fraction of sp³-hybridized carbons (Fsp3) is 0.355. The van der Waals surface area contributed by atoms with Crippen LogP contribution in [0.5, 0.6) is 0 Å². The Morgan fingerprint density at radius 2 is 1.54 bits per heavy atom. The van der Waals surface area contributed by atoms with Gasteiger partial charge in [-0.1, -0.05) is 66.0 Å². The van der Waals surface area contributed by atoms with Gasteiger partial charge in [-0.2, -0.15) is 0 Å². The maximum absolute atomic E-state index is 14.2. The molecule has 0 heterocycles. The van der Waals surface area contributed by atoms with E-state index in [0.717, 1.165) is 15.4 Å². The van der Waals surface area contributed by atoms with Gasteiger partial charge in [0.1, 0.15) is 12.6 Å². The van der Waals surface area contributed by atoms with E-state index in [4.69, 9.17) is 23.2 Å². The summed E-state index contributed by atoms with van der Waals surface area (Å²) >= 11 is 12.5. The Balaban J connectivity index is 2.11. The number of nitrogens with zero attached hydrogens (tertiary/aromatic N) is 2. The molecule has 3 rings (SSSR count). The first-order chi connectivity index (χ1) is 19.1. The van der Waals surface area contributed by atoms with Gasteiger partial charge in [0.25, 0.3) is 10.0 Å². The van der Waals surface area contributed by atoms with Gasteiger partial charge < -0.3 is 10.2 Å². The zero-order valence-electron chi connectivity index (χ0n) is 24.2. The Hall–Kier alpha value is -3.07. The molecule has 0 aliphatic heterocycles. The molecule has 41 heavy (non-hydrogen) atoms. The predicted molar refractivity (Wildman–Crippen MR) is 166 cm³/mol. The Morgan fingerprint density at radius 1 is 0.927 bits per heavy atom. The molecule has 220 valence electrons. The minimum Gasteiger partial charge on any atom is -0.350 e. The molecule has 2 amide bonds. The van der Waals surface area contributed by atoms with Crippen LogP contribution in [0.15, 0.2) is 71.6 Å². The van der Waals surface area contributed by atoms with Gasteiger partial charge in [-0.3, -0.25) is 13.9 Å². The maximum Gasteiger partial charge on any atom is 0.264 e. The van der Waals surface area contributed by atoms with Crippen LogP contribution in [0.3, 0.4) is 0 Å². The van der Waals surface area contributed by atoms with Crippen molar-refractivity contribution in [3.8, 4) is 0 Å². The molecule has 3 aromatic carbocycles. The third kappa shape index (κ3) is 8.24. The van der Waals surface area contributed by atoms with Crippen molar-refractivity contribution in [2.75, 3.05) is 10.8 Å². The minimum atomic E-state index is -4.19. The fourth-order valence-electron chi connectivity index (χ4n) is 4.38. The van der Waals surface area contributed by atoms with Crippen LogP contribution >= 0.6 is 23.2 Å². The zero-order chi connectivity index (χ0) is 30.5. The first-order valence-corrected chi connectivity index (χ1v) is 15.5. The molecule has 0 saturated heterocycles. The molecule has 0 fully saturated rings. The van der Waals surface area contributed by atoms with Crippen LogP contribution in [0, 0.1) is 13.8 Å². The van der Waals surface area contributed by atoms with Crippen LogP contribution in [0.2, 0.25) is 10.0 Å². The second-order valence-corrected chi connectivity index (χ2v) is 13.7. The number of halogens is 2.